The van der Waals surface area contributed by atoms with Crippen LogP contribution in [-0.2, 0) is 42.1 Å². The molecule has 1 saturated carbocycles. The van der Waals surface area contributed by atoms with Crippen LogP contribution in [0.4, 0.5) is 0 Å². The van der Waals surface area contributed by atoms with Crippen LogP contribution in [0.15, 0.2) is 0 Å². The summed E-state index contributed by atoms with van der Waals surface area (Å²) >= 11 is 0. The van der Waals surface area contributed by atoms with Crippen LogP contribution >= 0.6 is 7.82 Å². The first-order valence-corrected chi connectivity index (χ1v) is 26.9. The van der Waals surface area contributed by atoms with Gasteiger partial charge in [0.15, 0.2) is 12.4 Å². The van der Waals surface area contributed by atoms with Gasteiger partial charge in [0.2, 0.25) is 0 Å². The summed E-state index contributed by atoms with van der Waals surface area (Å²) in [5.74, 6) is -1.21. The monoisotopic (exact) mass is 973 g/mol. The highest BCUT2D eigenvalue weighted by Crippen LogP contribution is 2.48. The standard InChI is InChI=1S/C47H89O18P/c1-3-5-7-9-11-13-15-16-17-18-20-22-24-26-28-30-37(50)62-34(32-60-36(49)29-27-25-23-21-19-14-12-10-8-6-4-2)33-61-66(58,59)65-46-43(56)41(54)40(53)42(55)45(46)64-47-44(57)39(52)38(51)35(31-48)63-47/h34-35,38-48,51-57H,3-33H2,1-2H3,(H,58,59). The van der Waals surface area contributed by atoms with E-state index in [1.54, 1.807) is 0 Å². The van der Waals surface area contributed by atoms with Crippen LogP contribution in [0.1, 0.15) is 194 Å². The van der Waals surface area contributed by atoms with Gasteiger partial charge in [-0.2, -0.15) is 0 Å². The van der Waals surface area contributed by atoms with Crippen LogP contribution < -0.4 is 0 Å². The van der Waals surface area contributed by atoms with Gasteiger partial charge in [0, 0.05) is 12.8 Å². The maximum atomic E-state index is 13.4. The zero-order chi connectivity index (χ0) is 48.7. The van der Waals surface area contributed by atoms with Crippen molar-refractivity contribution in [3.63, 3.8) is 0 Å². The molecule has 2 rings (SSSR count). The molecule has 0 aromatic heterocycles. The largest absolute Gasteiger partial charge is 0.472 e. The van der Waals surface area contributed by atoms with E-state index in [1.807, 2.05) is 0 Å². The van der Waals surface area contributed by atoms with Crippen molar-refractivity contribution >= 4 is 19.8 Å². The Morgan fingerprint density at radius 1 is 0.515 bits per heavy atom. The molecule has 2 fully saturated rings. The Hall–Kier alpha value is -1.35. The molecule has 0 bridgehead atoms. The van der Waals surface area contributed by atoms with E-state index >= 15 is 0 Å². The molecule has 66 heavy (non-hydrogen) atoms. The lowest BCUT2D eigenvalue weighted by Gasteiger charge is -2.47. The second-order valence-corrected chi connectivity index (χ2v) is 19.8. The van der Waals surface area contributed by atoms with Crippen LogP contribution in [0.3, 0.4) is 0 Å². The second kappa shape index (κ2) is 35.7. The number of carbonyl (C=O) groups excluding carboxylic acids is 2. The van der Waals surface area contributed by atoms with Crippen molar-refractivity contribution in [3.05, 3.63) is 0 Å². The fourth-order valence-electron chi connectivity index (χ4n) is 8.35. The average molecular weight is 973 g/mol. The van der Waals surface area contributed by atoms with Crippen molar-refractivity contribution < 1.29 is 87.9 Å². The highest BCUT2D eigenvalue weighted by molar-refractivity contribution is 7.47. The summed E-state index contributed by atoms with van der Waals surface area (Å²) in [6.45, 7) is 2.23. The number of phosphoric acid groups is 1. The predicted molar refractivity (Wildman–Crippen MR) is 245 cm³/mol. The highest BCUT2D eigenvalue weighted by Gasteiger charge is 2.55. The molecular weight excluding hydrogens is 883 g/mol. The summed E-state index contributed by atoms with van der Waals surface area (Å²) in [7, 11) is -5.36. The smallest absolute Gasteiger partial charge is 0.462 e. The van der Waals surface area contributed by atoms with Crippen LogP contribution in [0.25, 0.3) is 0 Å². The van der Waals surface area contributed by atoms with Gasteiger partial charge < -0.3 is 64.7 Å². The van der Waals surface area contributed by atoms with E-state index in [9.17, 15) is 59.9 Å². The molecule has 390 valence electrons. The number of esters is 2. The van der Waals surface area contributed by atoms with Crippen molar-refractivity contribution in [3.8, 4) is 0 Å². The Kier molecular flexibility index (Phi) is 32.9. The van der Waals surface area contributed by atoms with Crippen LogP contribution in [-0.4, -0.2) is 151 Å². The third kappa shape index (κ3) is 24.5. The van der Waals surface area contributed by atoms with Gasteiger partial charge in [-0.1, -0.05) is 168 Å². The zero-order valence-electron chi connectivity index (χ0n) is 40.0. The van der Waals surface area contributed by atoms with Gasteiger partial charge in [-0.25, -0.2) is 4.57 Å². The zero-order valence-corrected chi connectivity index (χ0v) is 40.9. The number of carbonyl (C=O) groups is 2. The highest BCUT2D eigenvalue weighted by atomic mass is 31.2. The molecule has 18 nitrogen and oxygen atoms in total. The topological polar surface area (TPSA) is 289 Å². The molecule has 1 aliphatic heterocycles. The van der Waals surface area contributed by atoms with Crippen LogP contribution in [0.5, 0.6) is 0 Å². The SMILES string of the molecule is CCCCCCCCCCCCCCCCCC(=O)OC(COC(=O)CCCCCCCCCCCCC)COP(=O)(O)OC1C(O)C(O)C(O)C(O)C1OC1OC(CO)C(O)C(O)C1O. The molecule has 9 N–H and O–H groups in total. The molecule has 13 atom stereocenters. The normalized spacial score (nSPS) is 28.2. The molecule has 0 radical (unpaired) electrons. The van der Waals surface area contributed by atoms with E-state index in [4.69, 9.17) is 28.0 Å². The van der Waals surface area contributed by atoms with E-state index in [0.717, 1.165) is 51.4 Å². The number of aliphatic hydroxyl groups is 8. The van der Waals surface area contributed by atoms with Gasteiger partial charge in [-0.15, -0.1) is 0 Å². The number of hydrogen-bond donors (Lipinski definition) is 9. The molecular formula is C47H89O18P. The van der Waals surface area contributed by atoms with E-state index in [-0.39, 0.29) is 12.8 Å². The lowest BCUT2D eigenvalue weighted by Crippen LogP contribution is -2.67. The molecule has 1 heterocycles. The maximum Gasteiger partial charge on any atom is 0.472 e. The molecule has 13 unspecified atom stereocenters. The average Bonchev–Trinajstić information content (AvgIpc) is 3.29. The van der Waals surface area contributed by atoms with Gasteiger partial charge in [-0.3, -0.25) is 18.6 Å². The molecule has 0 aromatic rings. The van der Waals surface area contributed by atoms with E-state index < -0.39 is 113 Å². The first-order valence-electron chi connectivity index (χ1n) is 25.4. The van der Waals surface area contributed by atoms with Crippen molar-refractivity contribution in [2.24, 2.45) is 0 Å². The summed E-state index contributed by atoms with van der Waals surface area (Å²) < 4.78 is 45.4. The Morgan fingerprint density at radius 3 is 1.35 bits per heavy atom. The van der Waals surface area contributed by atoms with Gasteiger partial charge >= 0.3 is 19.8 Å². The molecule has 1 saturated heterocycles. The number of aliphatic hydroxyl groups excluding tert-OH is 8. The number of phosphoric ester groups is 1. The minimum absolute atomic E-state index is 0.0398. The van der Waals surface area contributed by atoms with Crippen molar-refractivity contribution in [2.75, 3.05) is 19.8 Å². The number of ether oxygens (including phenoxy) is 4. The number of hydrogen-bond acceptors (Lipinski definition) is 17. The first-order chi connectivity index (χ1) is 31.7. The van der Waals surface area contributed by atoms with Crippen LogP contribution in [0.2, 0.25) is 0 Å². The first kappa shape index (κ1) is 60.8. The molecule has 1 aliphatic carbocycles. The fraction of sp³-hybridized carbons (Fsp3) is 0.957. The van der Waals surface area contributed by atoms with Gasteiger partial charge in [0.05, 0.1) is 13.2 Å². The van der Waals surface area contributed by atoms with Gasteiger partial charge in [-0.05, 0) is 12.8 Å². The fourth-order valence-corrected chi connectivity index (χ4v) is 9.32. The quantitative estimate of drug-likeness (QED) is 0.0207. The Morgan fingerprint density at radius 2 is 0.909 bits per heavy atom. The third-order valence-electron chi connectivity index (χ3n) is 12.6. The molecule has 0 amide bonds. The molecule has 0 spiro atoms. The van der Waals surface area contributed by atoms with Crippen molar-refractivity contribution in [1.82, 2.24) is 0 Å². The Bertz CT molecular complexity index is 1300. The summed E-state index contributed by atoms with van der Waals surface area (Å²) in [5, 5.41) is 82.9. The van der Waals surface area contributed by atoms with E-state index in [1.165, 1.54) is 103 Å². The number of rotatable bonds is 39. The second-order valence-electron chi connectivity index (χ2n) is 18.4. The Labute approximate surface area is 393 Å². The maximum absolute atomic E-state index is 13.4. The Balaban J connectivity index is 1.95. The van der Waals surface area contributed by atoms with Gasteiger partial charge in [0.25, 0.3) is 0 Å². The number of unbranched alkanes of at least 4 members (excludes halogenated alkanes) is 24. The minimum atomic E-state index is -5.36. The lowest BCUT2D eigenvalue weighted by atomic mass is 9.84. The summed E-state index contributed by atoms with van der Waals surface area (Å²) in [6.07, 6.45) is 6.21. The van der Waals surface area contributed by atoms with Crippen LogP contribution in [0, 0.1) is 0 Å². The lowest BCUT2D eigenvalue weighted by molar-refractivity contribution is -0.338. The molecule has 2 aliphatic rings. The summed E-state index contributed by atoms with van der Waals surface area (Å²) in [6, 6.07) is 0. The summed E-state index contributed by atoms with van der Waals surface area (Å²) in [4.78, 5) is 36.5. The summed E-state index contributed by atoms with van der Waals surface area (Å²) in [5.41, 5.74) is 0. The van der Waals surface area contributed by atoms with E-state index in [0.29, 0.717) is 12.8 Å². The van der Waals surface area contributed by atoms with Crippen molar-refractivity contribution in [2.45, 2.75) is 267 Å². The minimum Gasteiger partial charge on any atom is -0.462 e. The van der Waals surface area contributed by atoms with Gasteiger partial charge in [0.1, 0.15) is 67.6 Å². The predicted octanol–water partition coefficient (Wildman–Crippen LogP) is 5.55. The van der Waals surface area contributed by atoms with Crippen molar-refractivity contribution in [1.29, 1.82) is 0 Å². The van der Waals surface area contributed by atoms with E-state index in [2.05, 4.69) is 13.8 Å². The molecule has 19 heteroatoms. The molecule has 0 aromatic carbocycles. The third-order valence-corrected chi connectivity index (χ3v) is 13.5.